The maximum absolute atomic E-state index is 9.00. The van der Waals surface area contributed by atoms with Crippen LogP contribution in [0.2, 0.25) is 0 Å². The molecule has 1 N–H and O–H groups in total. The third-order valence-electron chi connectivity index (χ3n) is 0. The maximum atomic E-state index is 9.00. The van der Waals surface area contributed by atoms with E-state index in [9.17, 15) is 0 Å². The third-order valence-corrected chi connectivity index (χ3v) is 0. The molecule has 0 radical (unpaired) electrons. The number of carboxylic acids is 1. The second kappa shape index (κ2) is 4.47. The van der Waals surface area contributed by atoms with Gasteiger partial charge in [0.2, 0.25) is 0 Å². The summed E-state index contributed by atoms with van der Waals surface area (Å²) in [6.45, 7) is 1.08. The Kier molecular flexibility index (Phi) is 8.11. The molecule has 0 atom stereocenters. The zero-order chi connectivity index (χ0) is 3.58. The fourth-order valence-electron chi connectivity index (χ4n) is 0. The van der Waals surface area contributed by atoms with Gasteiger partial charge in [-0.2, -0.15) is 0 Å². The smallest absolute Gasteiger partial charge is 0.481 e. The van der Waals surface area contributed by atoms with Crippen molar-refractivity contribution >= 4 is 5.97 Å². The minimum atomic E-state index is -0.833. The molecule has 0 aromatic rings. The first-order valence-corrected chi connectivity index (χ1v) is 0.928. The molecule has 0 aliphatic rings. The van der Waals surface area contributed by atoms with Gasteiger partial charge in [0.15, 0.2) is 0 Å². The van der Waals surface area contributed by atoms with Gasteiger partial charge in [-0.25, -0.2) is 0 Å². The number of carbonyl (C=O) groups is 1. The summed E-state index contributed by atoms with van der Waals surface area (Å²) >= 11 is 0. The topological polar surface area (TPSA) is 37.3 Å². The second-order valence-corrected chi connectivity index (χ2v) is 0.519. The Bertz CT molecular complexity index is 34.5. The predicted octanol–water partition coefficient (Wildman–Crippen LogP) is -2.79. The van der Waals surface area contributed by atoms with Gasteiger partial charge < -0.3 is 5.11 Å². The van der Waals surface area contributed by atoms with Gasteiger partial charge in [-0.3, -0.25) is 4.79 Å². The van der Waals surface area contributed by atoms with Gasteiger partial charge in [-0.15, -0.1) is 0 Å². The number of rotatable bonds is 0. The predicted molar refractivity (Wildman–Crippen MR) is 14.4 cm³/mol. The van der Waals surface area contributed by atoms with Gasteiger partial charge in [0.05, 0.1) is 0 Å². The molecule has 0 unspecified atom stereocenters. The summed E-state index contributed by atoms with van der Waals surface area (Å²) in [5.41, 5.74) is 0. The molecule has 5 heavy (non-hydrogen) atoms. The number of hydrogen-bond donors (Lipinski definition) is 1. The molecular weight excluding hydrogens is 79.0 g/mol. The van der Waals surface area contributed by atoms with Crippen LogP contribution in [-0.4, -0.2) is 11.1 Å². The van der Waals surface area contributed by atoms with Crippen LogP contribution in [0.3, 0.4) is 0 Å². The van der Waals surface area contributed by atoms with E-state index in [1.807, 2.05) is 0 Å². The number of hydrogen-bond acceptors (Lipinski definition) is 1. The second-order valence-electron chi connectivity index (χ2n) is 0.519. The van der Waals surface area contributed by atoms with Crippen molar-refractivity contribution in [3.05, 3.63) is 0 Å². The Morgan fingerprint density at radius 2 is 2.00 bits per heavy atom. The number of carboxylic acid groups (broad SMARTS) is 1. The molecule has 0 aromatic heterocycles. The van der Waals surface area contributed by atoms with Gasteiger partial charge in [0.1, 0.15) is 0 Å². The summed E-state index contributed by atoms with van der Waals surface area (Å²) < 4.78 is 0. The molecular formula is C2H5NaO2+2. The van der Waals surface area contributed by atoms with Crippen molar-refractivity contribution in [2.24, 2.45) is 0 Å². The average molecular weight is 85.1 g/mol. The first kappa shape index (κ1) is 9.08. The molecule has 0 heterocycles. The molecule has 0 aliphatic carbocycles. The van der Waals surface area contributed by atoms with Crippen molar-refractivity contribution in [3.63, 3.8) is 0 Å². The molecule has 0 amide bonds. The van der Waals surface area contributed by atoms with E-state index in [1.165, 1.54) is 0 Å². The van der Waals surface area contributed by atoms with E-state index in [0.717, 1.165) is 6.92 Å². The van der Waals surface area contributed by atoms with Gasteiger partial charge in [0.25, 0.3) is 5.97 Å². The van der Waals surface area contributed by atoms with Gasteiger partial charge in [-0.1, -0.05) is 0 Å². The van der Waals surface area contributed by atoms with Crippen molar-refractivity contribution < 1.29 is 40.9 Å². The van der Waals surface area contributed by atoms with Crippen molar-refractivity contribution in [1.29, 1.82) is 0 Å². The molecule has 0 spiro atoms. The SMILES string of the molecule is CC(=O)O.[2H+].[Na+]. The molecule has 0 saturated heterocycles. The van der Waals surface area contributed by atoms with Crippen LogP contribution in [0.5, 0.6) is 0 Å². The zero-order valence-electron chi connectivity index (χ0n) is 4.36. The molecule has 0 rings (SSSR count). The van der Waals surface area contributed by atoms with Crippen LogP contribution >= 0.6 is 0 Å². The summed E-state index contributed by atoms with van der Waals surface area (Å²) in [5.74, 6) is -0.833. The Hall–Kier alpha value is 0.470. The molecule has 0 fully saturated rings. The normalized spacial score (nSPS) is 5.00. The molecule has 0 aliphatic heterocycles. The fraction of sp³-hybridized carbons (Fsp3) is 0.500. The van der Waals surface area contributed by atoms with Crippen LogP contribution in [0.25, 0.3) is 0 Å². The monoisotopic (exact) mass is 85.0 g/mol. The summed E-state index contributed by atoms with van der Waals surface area (Å²) in [5, 5.41) is 7.42. The largest absolute Gasteiger partial charge is 1.00 e. The zero-order valence-corrected chi connectivity index (χ0v) is 5.36. The van der Waals surface area contributed by atoms with Crippen molar-refractivity contribution in [1.82, 2.24) is 0 Å². The van der Waals surface area contributed by atoms with E-state index in [2.05, 4.69) is 0 Å². The molecule has 0 aromatic carbocycles. The summed E-state index contributed by atoms with van der Waals surface area (Å²) in [7, 11) is 0. The summed E-state index contributed by atoms with van der Waals surface area (Å²) in [4.78, 5) is 9.00. The van der Waals surface area contributed by atoms with Crippen molar-refractivity contribution in [2.45, 2.75) is 6.92 Å². The average Bonchev–Trinajstić information content (AvgIpc) is 0.811. The van der Waals surface area contributed by atoms with Crippen LogP contribution in [0, 0.1) is 0 Å². The first-order valence-electron chi connectivity index (χ1n) is 0.928. The standard InChI is InChI=1S/C2H4O2.Na/c1-2(3)4;/h1H3,(H,3,4);/q;+1/p+1/i/hD. The Morgan fingerprint density at radius 3 is 2.00 bits per heavy atom. The van der Waals surface area contributed by atoms with Crippen molar-refractivity contribution in [3.8, 4) is 0 Å². The maximum Gasteiger partial charge on any atom is 1.00 e. The Balaban J connectivity index is -0.0000000450. The van der Waals surface area contributed by atoms with E-state index < -0.39 is 5.97 Å². The molecule has 3 heteroatoms. The van der Waals surface area contributed by atoms with Gasteiger partial charge in [0, 0.05) is 6.92 Å². The van der Waals surface area contributed by atoms with Crippen molar-refractivity contribution in [2.75, 3.05) is 0 Å². The summed E-state index contributed by atoms with van der Waals surface area (Å²) in [6, 6.07) is 0. The number of aliphatic carboxylic acids is 1. The minimum Gasteiger partial charge on any atom is -0.481 e. The van der Waals surface area contributed by atoms with Gasteiger partial charge >= 0.3 is 31.0 Å². The van der Waals surface area contributed by atoms with Crippen LogP contribution < -0.4 is 29.6 Å². The Morgan fingerprint density at radius 1 is 2.00 bits per heavy atom. The van der Waals surface area contributed by atoms with E-state index in [1.54, 1.807) is 0 Å². The minimum absolute atomic E-state index is 0. The van der Waals surface area contributed by atoms with E-state index in [0.29, 0.717) is 0 Å². The van der Waals surface area contributed by atoms with E-state index in [4.69, 9.17) is 9.90 Å². The van der Waals surface area contributed by atoms with Crippen LogP contribution in [0.15, 0.2) is 0 Å². The van der Waals surface area contributed by atoms with E-state index >= 15 is 0 Å². The fourth-order valence-corrected chi connectivity index (χ4v) is 0. The third kappa shape index (κ3) is 123. The summed E-state index contributed by atoms with van der Waals surface area (Å²) in [6.07, 6.45) is 0. The molecule has 2 nitrogen and oxygen atoms in total. The molecule has 0 bridgehead atoms. The Labute approximate surface area is 54.0 Å². The van der Waals surface area contributed by atoms with Crippen LogP contribution in [0.4, 0.5) is 0 Å². The first-order chi connectivity index (χ1) is 1.73. The molecule has 0 saturated carbocycles. The van der Waals surface area contributed by atoms with Crippen LogP contribution in [0.1, 0.15) is 8.35 Å². The molecule has 24 valence electrons. The van der Waals surface area contributed by atoms with E-state index in [-0.39, 0.29) is 31.0 Å². The quantitative estimate of drug-likeness (QED) is 0.323. The van der Waals surface area contributed by atoms with Crippen LogP contribution in [-0.2, 0) is 4.79 Å². The van der Waals surface area contributed by atoms with Gasteiger partial charge in [-0.05, 0) is 0 Å².